The van der Waals surface area contributed by atoms with Gasteiger partial charge in [-0.2, -0.15) is 4.98 Å². The standard InChI is InChI=1S/C29H40N8O3/c1-35-9-11-36(12-10-35)13-18-39-24-20-31-29(32-21-24)33-22-4-6-23(7-5-22)40-28-25-3-2-8-30-26(25)19-27(34-28)37-14-16-38-17-15-37/h2-3,8,19-23H,4-7,9-18H2,1H3,(H,31,32,33)/t22-,23+. The first kappa shape index (κ1) is 26.9. The van der Waals surface area contributed by atoms with Crippen LogP contribution in [0.2, 0.25) is 0 Å². The smallest absolute Gasteiger partial charge is 0.225 e. The molecule has 40 heavy (non-hydrogen) atoms. The topological polar surface area (TPSA) is 101 Å². The molecule has 5 heterocycles. The average Bonchev–Trinajstić information content (AvgIpc) is 3.00. The third-order valence-corrected chi connectivity index (χ3v) is 8.07. The van der Waals surface area contributed by atoms with E-state index in [0.717, 1.165) is 88.2 Å². The van der Waals surface area contributed by atoms with Gasteiger partial charge < -0.3 is 29.3 Å². The second kappa shape index (κ2) is 12.9. The van der Waals surface area contributed by atoms with Gasteiger partial charge >= 0.3 is 0 Å². The molecule has 2 aliphatic heterocycles. The van der Waals surface area contributed by atoms with Crippen LogP contribution in [0, 0.1) is 0 Å². The number of ether oxygens (including phenoxy) is 3. The fourth-order valence-electron chi connectivity index (χ4n) is 5.57. The second-order valence-electron chi connectivity index (χ2n) is 10.9. The van der Waals surface area contributed by atoms with Gasteiger partial charge in [-0.3, -0.25) is 9.88 Å². The normalized spacial score (nSPS) is 22.8. The van der Waals surface area contributed by atoms with Gasteiger partial charge in [0.2, 0.25) is 11.8 Å². The summed E-state index contributed by atoms with van der Waals surface area (Å²) in [4.78, 5) is 25.5. The molecule has 0 unspecified atom stereocenters. The Morgan fingerprint density at radius 2 is 1.75 bits per heavy atom. The minimum absolute atomic E-state index is 0.117. The summed E-state index contributed by atoms with van der Waals surface area (Å²) in [5.41, 5.74) is 0.910. The lowest BCUT2D eigenvalue weighted by Gasteiger charge is -2.32. The van der Waals surface area contributed by atoms with E-state index in [-0.39, 0.29) is 6.10 Å². The van der Waals surface area contributed by atoms with Gasteiger partial charge in [0.15, 0.2) is 5.75 Å². The molecule has 214 valence electrons. The van der Waals surface area contributed by atoms with Crippen molar-refractivity contribution in [1.82, 2.24) is 29.7 Å². The van der Waals surface area contributed by atoms with Gasteiger partial charge in [-0.15, -0.1) is 0 Å². The molecule has 1 N–H and O–H groups in total. The lowest BCUT2D eigenvalue weighted by atomic mass is 9.93. The van der Waals surface area contributed by atoms with E-state index in [1.54, 1.807) is 12.4 Å². The van der Waals surface area contributed by atoms with E-state index in [2.05, 4.69) is 48.1 Å². The zero-order valence-electron chi connectivity index (χ0n) is 23.4. The number of fused-ring (bicyclic) bond motifs is 1. The molecule has 1 saturated carbocycles. The van der Waals surface area contributed by atoms with Crippen LogP contribution in [-0.2, 0) is 4.74 Å². The van der Waals surface area contributed by atoms with Crippen molar-refractivity contribution in [2.45, 2.75) is 37.8 Å². The number of piperazine rings is 1. The van der Waals surface area contributed by atoms with Gasteiger partial charge in [-0.05, 0) is 44.9 Å². The highest BCUT2D eigenvalue weighted by molar-refractivity contribution is 5.85. The fourth-order valence-corrected chi connectivity index (χ4v) is 5.57. The van der Waals surface area contributed by atoms with Crippen molar-refractivity contribution in [3.63, 3.8) is 0 Å². The van der Waals surface area contributed by atoms with E-state index in [1.807, 2.05) is 18.3 Å². The van der Waals surface area contributed by atoms with Crippen molar-refractivity contribution in [2.24, 2.45) is 0 Å². The van der Waals surface area contributed by atoms with Crippen LogP contribution >= 0.6 is 0 Å². The molecule has 6 rings (SSSR count). The fraction of sp³-hybridized carbons (Fsp3) is 0.586. The molecule has 0 atom stereocenters. The van der Waals surface area contributed by atoms with Crippen molar-refractivity contribution in [1.29, 1.82) is 0 Å². The predicted octanol–water partition coefficient (Wildman–Crippen LogP) is 2.68. The summed E-state index contributed by atoms with van der Waals surface area (Å²) in [6, 6.07) is 6.35. The lowest BCUT2D eigenvalue weighted by molar-refractivity contribution is 0.122. The number of hydrogen-bond donors (Lipinski definition) is 1. The Kier molecular flexibility index (Phi) is 8.70. The lowest BCUT2D eigenvalue weighted by Crippen LogP contribution is -2.45. The maximum atomic E-state index is 6.51. The van der Waals surface area contributed by atoms with Gasteiger partial charge in [0.05, 0.1) is 36.5 Å². The SMILES string of the molecule is CN1CCN(CCOc2cnc(N[C@H]3CC[C@@H](Oc4nc(N5CCOCC5)cc5ncccc45)CC3)nc2)CC1. The summed E-state index contributed by atoms with van der Waals surface area (Å²) in [6.45, 7) is 9.08. The van der Waals surface area contributed by atoms with Gasteiger partial charge in [0.25, 0.3) is 0 Å². The molecule has 11 heteroatoms. The van der Waals surface area contributed by atoms with Crippen LogP contribution in [0.1, 0.15) is 25.7 Å². The molecule has 0 aromatic carbocycles. The number of pyridine rings is 2. The number of morpholine rings is 1. The monoisotopic (exact) mass is 548 g/mol. The number of nitrogens with zero attached hydrogens (tertiary/aromatic N) is 7. The van der Waals surface area contributed by atoms with Gasteiger partial charge in [-0.1, -0.05) is 0 Å². The summed E-state index contributed by atoms with van der Waals surface area (Å²) >= 11 is 0. The minimum atomic E-state index is 0.117. The molecule has 0 spiro atoms. The summed E-state index contributed by atoms with van der Waals surface area (Å²) in [7, 11) is 2.17. The largest absolute Gasteiger partial charge is 0.489 e. The molecule has 1 aliphatic carbocycles. The molecule has 3 fully saturated rings. The first-order valence-electron chi connectivity index (χ1n) is 14.6. The third kappa shape index (κ3) is 6.89. The van der Waals surface area contributed by atoms with Crippen molar-refractivity contribution in [2.75, 3.05) is 82.9 Å². The molecule has 3 aliphatic rings. The Morgan fingerprint density at radius 3 is 2.52 bits per heavy atom. The Balaban J connectivity index is 0.983. The summed E-state index contributed by atoms with van der Waals surface area (Å²) in [6.07, 6.45) is 9.31. The van der Waals surface area contributed by atoms with Gasteiger partial charge in [0.1, 0.15) is 18.5 Å². The zero-order chi connectivity index (χ0) is 27.1. The minimum Gasteiger partial charge on any atom is -0.489 e. The quantitative estimate of drug-likeness (QED) is 0.427. The van der Waals surface area contributed by atoms with Crippen LogP contribution in [0.4, 0.5) is 11.8 Å². The van der Waals surface area contributed by atoms with Gasteiger partial charge in [0, 0.05) is 64.1 Å². The van der Waals surface area contributed by atoms with Crippen LogP contribution < -0.4 is 19.7 Å². The second-order valence-corrected chi connectivity index (χ2v) is 10.9. The highest BCUT2D eigenvalue weighted by Gasteiger charge is 2.25. The summed E-state index contributed by atoms with van der Waals surface area (Å²) in [5.74, 6) is 2.94. The first-order valence-corrected chi connectivity index (χ1v) is 14.6. The predicted molar refractivity (Wildman–Crippen MR) is 154 cm³/mol. The third-order valence-electron chi connectivity index (χ3n) is 8.07. The molecule has 3 aromatic rings. The number of nitrogens with one attached hydrogen (secondary N) is 1. The number of hydrogen-bond acceptors (Lipinski definition) is 11. The highest BCUT2D eigenvalue weighted by atomic mass is 16.5. The maximum Gasteiger partial charge on any atom is 0.225 e. The van der Waals surface area contributed by atoms with Crippen molar-refractivity contribution in [3.05, 3.63) is 36.8 Å². The van der Waals surface area contributed by atoms with E-state index >= 15 is 0 Å². The molecule has 11 nitrogen and oxygen atoms in total. The number of likely N-dealkylation sites (N-methyl/N-ethyl adjacent to an activating group) is 1. The molecule has 2 saturated heterocycles. The van der Waals surface area contributed by atoms with E-state index in [1.165, 1.54) is 0 Å². The van der Waals surface area contributed by atoms with Crippen LogP contribution in [0.15, 0.2) is 36.8 Å². The molecule has 0 amide bonds. The summed E-state index contributed by atoms with van der Waals surface area (Å²) in [5, 5.41) is 4.45. The van der Waals surface area contributed by atoms with Crippen LogP contribution in [0.25, 0.3) is 10.9 Å². The van der Waals surface area contributed by atoms with E-state index in [0.29, 0.717) is 43.4 Å². The number of anilines is 2. The maximum absolute atomic E-state index is 6.51. The molecule has 3 aromatic heterocycles. The molecular weight excluding hydrogens is 508 g/mol. The first-order chi connectivity index (χ1) is 19.7. The van der Waals surface area contributed by atoms with Crippen LogP contribution in [0.3, 0.4) is 0 Å². The van der Waals surface area contributed by atoms with Gasteiger partial charge in [-0.25, -0.2) is 9.97 Å². The summed E-state index contributed by atoms with van der Waals surface area (Å²) < 4.78 is 17.9. The molecular formula is C29H40N8O3. The van der Waals surface area contributed by atoms with Crippen molar-refractivity contribution in [3.8, 4) is 11.6 Å². The molecule has 0 radical (unpaired) electrons. The Bertz CT molecular complexity index is 1220. The Morgan fingerprint density at radius 1 is 0.975 bits per heavy atom. The number of rotatable bonds is 9. The number of aromatic nitrogens is 4. The van der Waals surface area contributed by atoms with Crippen molar-refractivity contribution >= 4 is 22.7 Å². The van der Waals surface area contributed by atoms with E-state index in [9.17, 15) is 0 Å². The van der Waals surface area contributed by atoms with Crippen molar-refractivity contribution < 1.29 is 14.2 Å². The van der Waals surface area contributed by atoms with Crippen LogP contribution in [-0.4, -0.2) is 115 Å². The average molecular weight is 549 g/mol. The van der Waals surface area contributed by atoms with Crippen LogP contribution in [0.5, 0.6) is 11.6 Å². The van der Waals surface area contributed by atoms with E-state index < -0.39 is 0 Å². The van der Waals surface area contributed by atoms with E-state index in [4.69, 9.17) is 19.2 Å². The highest BCUT2D eigenvalue weighted by Crippen LogP contribution is 2.31. The Labute approximate surface area is 235 Å². The molecule has 0 bridgehead atoms. The zero-order valence-corrected chi connectivity index (χ0v) is 23.4. The Hall–Kier alpha value is -3.28.